The highest BCUT2D eigenvalue weighted by Gasteiger charge is 2.24. The number of aryl methyl sites for hydroxylation is 1. The van der Waals surface area contributed by atoms with Gasteiger partial charge in [-0.2, -0.15) is 5.10 Å². The second-order valence-corrected chi connectivity index (χ2v) is 10.6. The van der Waals surface area contributed by atoms with Crippen LogP contribution in [-0.2, 0) is 14.8 Å². The molecule has 6 rings (SSSR count). The first-order valence-electron chi connectivity index (χ1n) is 11.8. The lowest BCUT2D eigenvalue weighted by Crippen LogP contribution is -2.36. The molecule has 9 heteroatoms. The average Bonchev–Trinajstić information content (AvgIpc) is 3.55. The number of fused-ring (bicyclic) bond motifs is 1. The van der Waals surface area contributed by atoms with Crippen LogP contribution in [0, 0.1) is 6.92 Å². The highest BCUT2D eigenvalue weighted by molar-refractivity contribution is 7.90. The first-order chi connectivity index (χ1) is 17.5. The zero-order valence-electron chi connectivity index (χ0n) is 19.8. The molecule has 0 radical (unpaired) electrons. The summed E-state index contributed by atoms with van der Waals surface area (Å²) in [6.45, 7) is 4.86. The fourth-order valence-electron chi connectivity index (χ4n) is 4.60. The van der Waals surface area contributed by atoms with Gasteiger partial charge in [0.1, 0.15) is 0 Å². The molecule has 3 aromatic heterocycles. The van der Waals surface area contributed by atoms with E-state index < -0.39 is 10.0 Å². The van der Waals surface area contributed by atoms with Gasteiger partial charge < -0.3 is 9.64 Å². The number of rotatable bonds is 5. The summed E-state index contributed by atoms with van der Waals surface area (Å²) < 4.78 is 35.8. The number of anilines is 1. The molecule has 0 saturated carbocycles. The van der Waals surface area contributed by atoms with Gasteiger partial charge in [-0.05, 0) is 36.8 Å². The first-order valence-corrected chi connectivity index (χ1v) is 13.2. The average molecular weight is 500 g/mol. The van der Waals surface area contributed by atoms with Crippen LogP contribution in [0.15, 0.2) is 90.3 Å². The van der Waals surface area contributed by atoms with E-state index in [1.165, 1.54) is 3.97 Å². The summed E-state index contributed by atoms with van der Waals surface area (Å²) in [7, 11) is -3.85. The number of hydrogen-bond donors (Lipinski definition) is 0. The monoisotopic (exact) mass is 499 g/mol. The highest BCUT2D eigenvalue weighted by Crippen LogP contribution is 2.34. The van der Waals surface area contributed by atoms with Crippen molar-refractivity contribution < 1.29 is 13.2 Å². The van der Waals surface area contributed by atoms with Crippen molar-refractivity contribution in [2.75, 3.05) is 31.2 Å². The normalized spacial score (nSPS) is 14.4. The van der Waals surface area contributed by atoms with Crippen LogP contribution in [0.25, 0.3) is 27.8 Å². The molecule has 2 aromatic carbocycles. The van der Waals surface area contributed by atoms with Crippen molar-refractivity contribution >= 4 is 26.7 Å². The third-order valence-corrected chi connectivity index (χ3v) is 8.19. The highest BCUT2D eigenvalue weighted by atomic mass is 32.2. The Morgan fingerprint density at radius 3 is 2.44 bits per heavy atom. The number of pyridine rings is 1. The van der Waals surface area contributed by atoms with Gasteiger partial charge in [-0.1, -0.05) is 36.4 Å². The maximum absolute atomic E-state index is 13.6. The molecule has 1 fully saturated rings. The Balaban J connectivity index is 1.53. The Hall–Kier alpha value is -3.95. The van der Waals surface area contributed by atoms with E-state index in [0.717, 1.165) is 46.5 Å². The topological polar surface area (TPSA) is 82.2 Å². The summed E-state index contributed by atoms with van der Waals surface area (Å²) in [5.41, 5.74) is 4.95. The molecule has 8 nitrogen and oxygen atoms in total. The Bertz CT molecular complexity index is 1650. The van der Waals surface area contributed by atoms with Crippen molar-refractivity contribution in [2.24, 2.45) is 0 Å². The summed E-state index contributed by atoms with van der Waals surface area (Å²) >= 11 is 0. The number of nitrogens with zero attached hydrogens (tertiary/aromatic N) is 5. The van der Waals surface area contributed by atoms with E-state index in [1.54, 1.807) is 48.9 Å². The van der Waals surface area contributed by atoms with Crippen LogP contribution in [0.4, 0.5) is 5.69 Å². The molecule has 0 amide bonds. The predicted octanol–water partition coefficient (Wildman–Crippen LogP) is 4.27. The van der Waals surface area contributed by atoms with Crippen molar-refractivity contribution in [3.63, 3.8) is 0 Å². The van der Waals surface area contributed by atoms with Gasteiger partial charge in [-0.15, -0.1) is 0 Å². The van der Waals surface area contributed by atoms with Crippen LogP contribution in [0.3, 0.4) is 0 Å². The van der Waals surface area contributed by atoms with Crippen molar-refractivity contribution in [1.82, 2.24) is 18.7 Å². The van der Waals surface area contributed by atoms with Crippen LogP contribution >= 0.6 is 0 Å². The molecule has 4 heterocycles. The van der Waals surface area contributed by atoms with Gasteiger partial charge in [0, 0.05) is 42.0 Å². The molecule has 36 heavy (non-hydrogen) atoms. The maximum atomic E-state index is 13.6. The Morgan fingerprint density at radius 1 is 0.917 bits per heavy atom. The third kappa shape index (κ3) is 3.86. The minimum atomic E-state index is -3.85. The largest absolute Gasteiger partial charge is 0.378 e. The number of benzene rings is 2. The van der Waals surface area contributed by atoms with Gasteiger partial charge in [-0.3, -0.25) is 0 Å². The van der Waals surface area contributed by atoms with Crippen LogP contribution < -0.4 is 4.90 Å². The molecule has 182 valence electrons. The van der Waals surface area contributed by atoms with Crippen LogP contribution in [0.5, 0.6) is 0 Å². The number of hydrogen-bond acceptors (Lipinski definition) is 6. The Morgan fingerprint density at radius 2 is 1.67 bits per heavy atom. The van der Waals surface area contributed by atoms with E-state index in [2.05, 4.69) is 15.0 Å². The maximum Gasteiger partial charge on any atom is 0.269 e. The van der Waals surface area contributed by atoms with E-state index in [1.807, 2.05) is 48.1 Å². The van der Waals surface area contributed by atoms with Crippen molar-refractivity contribution in [2.45, 2.75) is 11.8 Å². The SMILES string of the molecule is Cc1ccccc1-n1cc(-c2cn(S(=O)(=O)c3ccccc3)c3ncc(N4CCOCC4)cc23)cn1. The zero-order chi connectivity index (χ0) is 24.7. The quantitative estimate of drug-likeness (QED) is 0.359. The van der Waals surface area contributed by atoms with Crippen molar-refractivity contribution in [3.05, 3.63) is 91.0 Å². The first kappa shape index (κ1) is 22.5. The molecule has 5 aromatic rings. The predicted molar refractivity (Wildman–Crippen MR) is 139 cm³/mol. The second kappa shape index (κ2) is 8.92. The summed E-state index contributed by atoms with van der Waals surface area (Å²) in [6.07, 6.45) is 7.09. The molecule has 1 aliphatic rings. The number of para-hydroxylation sites is 1. The molecular weight excluding hydrogens is 474 g/mol. The third-order valence-electron chi connectivity index (χ3n) is 6.53. The smallest absolute Gasteiger partial charge is 0.269 e. The van der Waals surface area contributed by atoms with Gasteiger partial charge in [0.2, 0.25) is 0 Å². The second-order valence-electron chi connectivity index (χ2n) is 8.78. The fraction of sp³-hybridized carbons (Fsp3) is 0.185. The minimum Gasteiger partial charge on any atom is -0.378 e. The molecular formula is C27H25N5O3S. The lowest BCUT2D eigenvalue weighted by Gasteiger charge is -2.28. The number of morpholine rings is 1. The lowest BCUT2D eigenvalue weighted by atomic mass is 10.1. The summed E-state index contributed by atoms with van der Waals surface area (Å²) in [6, 6.07) is 18.4. The van der Waals surface area contributed by atoms with Crippen LogP contribution in [-0.4, -0.2) is 53.5 Å². The molecule has 0 bridgehead atoms. The molecule has 0 spiro atoms. The number of aromatic nitrogens is 4. The zero-order valence-corrected chi connectivity index (χ0v) is 20.6. The summed E-state index contributed by atoms with van der Waals surface area (Å²) in [4.78, 5) is 7.07. The van der Waals surface area contributed by atoms with E-state index in [-0.39, 0.29) is 4.90 Å². The van der Waals surface area contributed by atoms with Gasteiger partial charge >= 0.3 is 0 Å². The lowest BCUT2D eigenvalue weighted by molar-refractivity contribution is 0.122. The Labute approximate surface area is 209 Å². The van der Waals surface area contributed by atoms with Gasteiger partial charge in [0.15, 0.2) is 5.65 Å². The standard InChI is InChI=1S/C27H25N5O3S/c1-20-7-5-6-10-26(20)31-18-21(16-29-31)25-19-32(36(33,34)23-8-3-2-4-9-23)27-24(25)15-22(17-28-27)30-11-13-35-14-12-30/h2-10,15-19H,11-14H2,1H3. The fourth-order valence-corrected chi connectivity index (χ4v) is 5.94. The Kier molecular flexibility index (Phi) is 5.58. The van der Waals surface area contributed by atoms with E-state index in [4.69, 9.17) is 4.74 Å². The van der Waals surface area contributed by atoms with E-state index in [9.17, 15) is 8.42 Å². The molecule has 0 atom stereocenters. The van der Waals surface area contributed by atoms with E-state index in [0.29, 0.717) is 18.9 Å². The van der Waals surface area contributed by atoms with Gasteiger partial charge in [-0.25, -0.2) is 22.1 Å². The van der Waals surface area contributed by atoms with Gasteiger partial charge in [0.25, 0.3) is 10.0 Å². The van der Waals surface area contributed by atoms with Crippen LogP contribution in [0.1, 0.15) is 5.56 Å². The molecule has 1 aliphatic heterocycles. The molecule has 0 N–H and O–H groups in total. The molecule has 0 aliphatic carbocycles. The van der Waals surface area contributed by atoms with Crippen molar-refractivity contribution in [3.8, 4) is 16.8 Å². The molecule has 1 saturated heterocycles. The van der Waals surface area contributed by atoms with Crippen LogP contribution in [0.2, 0.25) is 0 Å². The molecule has 0 unspecified atom stereocenters. The minimum absolute atomic E-state index is 0.211. The summed E-state index contributed by atoms with van der Waals surface area (Å²) in [5, 5.41) is 5.34. The summed E-state index contributed by atoms with van der Waals surface area (Å²) in [5.74, 6) is 0. The van der Waals surface area contributed by atoms with Gasteiger partial charge in [0.05, 0.1) is 41.9 Å². The number of ether oxygens (including phenoxy) is 1. The van der Waals surface area contributed by atoms with Crippen molar-refractivity contribution in [1.29, 1.82) is 0 Å². The van der Waals surface area contributed by atoms with E-state index >= 15 is 0 Å².